The van der Waals surface area contributed by atoms with E-state index in [1.54, 1.807) is 11.3 Å². The Kier molecular flexibility index (Phi) is 7.03. The number of fused-ring (bicyclic) bond motifs is 9. The fourth-order valence-electron chi connectivity index (χ4n) is 8.37. The second-order valence-electron chi connectivity index (χ2n) is 14.4. The van der Waals surface area contributed by atoms with Crippen molar-refractivity contribution in [3.63, 3.8) is 0 Å². The number of rotatable bonds is 5. The number of hydrogen-bond donors (Lipinski definition) is 0. The number of aromatic nitrogens is 4. The van der Waals surface area contributed by atoms with Crippen LogP contribution in [0.1, 0.15) is 0 Å². The summed E-state index contributed by atoms with van der Waals surface area (Å²) in [5, 5.41) is 6.88. The predicted octanol–water partition coefficient (Wildman–Crippen LogP) is 13.9. The smallest absolute Gasteiger partial charge is 0.165 e. The van der Waals surface area contributed by atoms with Gasteiger partial charge in [0.2, 0.25) is 0 Å². The molecule has 0 N–H and O–H groups in total. The molecular formula is C51H30N4OS. The molecule has 0 fully saturated rings. The fourth-order valence-corrected chi connectivity index (χ4v) is 9.58. The molecule has 0 saturated carbocycles. The Bertz CT molecular complexity index is 3530. The van der Waals surface area contributed by atoms with E-state index in [0.717, 1.165) is 70.8 Å². The Morgan fingerprint density at radius 1 is 0.386 bits per heavy atom. The Hall–Kier alpha value is -7.41. The average Bonchev–Trinajstić information content (AvgIpc) is 3.95. The summed E-state index contributed by atoms with van der Waals surface area (Å²) >= 11 is 1.78. The molecule has 0 amide bonds. The lowest BCUT2D eigenvalue weighted by atomic mass is 10.0. The zero-order chi connectivity index (χ0) is 37.5. The summed E-state index contributed by atoms with van der Waals surface area (Å²) in [6.07, 6.45) is 0. The highest BCUT2D eigenvalue weighted by Gasteiger charge is 2.20. The predicted molar refractivity (Wildman–Crippen MR) is 236 cm³/mol. The van der Waals surface area contributed by atoms with E-state index in [1.165, 1.54) is 26.6 Å². The van der Waals surface area contributed by atoms with Crippen LogP contribution in [0.15, 0.2) is 186 Å². The minimum atomic E-state index is 0.591. The van der Waals surface area contributed by atoms with Crippen LogP contribution in [0.3, 0.4) is 0 Å². The quantitative estimate of drug-likeness (QED) is 0.176. The van der Waals surface area contributed by atoms with Crippen molar-refractivity contribution in [2.24, 2.45) is 0 Å². The first-order valence-electron chi connectivity index (χ1n) is 19.0. The minimum absolute atomic E-state index is 0.591. The molecule has 0 bridgehead atoms. The van der Waals surface area contributed by atoms with E-state index in [9.17, 15) is 0 Å². The summed E-state index contributed by atoms with van der Waals surface area (Å²) in [6.45, 7) is 0. The van der Waals surface area contributed by atoms with Gasteiger partial charge in [-0.3, -0.25) is 0 Å². The second kappa shape index (κ2) is 12.6. The number of furan rings is 1. The van der Waals surface area contributed by atoms with Crippen molar-refractivity contribution >= 4 is 75.3 Å². The van der Waals surface area contributed by atoms with Gasteiger partial charge in [-0.1, -0.05) is 109 Å². The molecule has 0 aliphatic carbocycles. The zero-order valence-electron chi connectivity index (χ0n) is 30.4. The molecule has 0 spiro atoms. The van der Waals surface area contributed by atoms with E-state index in [2.05, 4.69) is 168 Å². The van der Waals surface area contributed by atoms with Crippen molar-refractivity contribution in [3.8, 4) is 51.0 Å². The molecule has 0 radical (unpaired) electrons. The number of benzene rings is 8. The van der Waals surface area contributed by atoms with Crippen LogP contribution in [0.4, 0.5) is 0 Å². The molecule has 0 saturated heterocycles. The van der Waals surface area contributed by atoms with E-state index in [-0.39, 0.29) is 0 Å². The Morgan fingerprint density at radius 2 is 0.982 bits per heavy atom. The maximum atomic E-state index is 6.33. The molecule has 6 heteroatoms. The molecule has 12 aromatic rings. The fraction of sp³-hybridized carbons (Fsp3) is 0. The molecule has 12 rings (SSSR count). The van der Waals surface area contributed by atoms with Crippen molar-refractivity contribution < 1.29 is 4.42 Å². The van der Waals surface area contributed by atoms with Gasteiger partial charge in [0, 0.05) is 64.1 Å². The van der Waals surface area contributed by atoms with Crippen LogP contribution in [0.2, 0.25) is 0 Å². The molecular weight excluding hydrogens is 717 g/mol. The summed E-state index contributed by atoms with van der Waals surface area (Å²) in [5.74, 6) is 1.84. The first-order chi connectivity index (χ1) is 28.2. The van der Waals surface area contributed by atoms with Gasteiger partial charge in [0.15, 0.2) is 17.5 Å². The number of para-hydroxylation sites is 2. The first kappa shape index (κ1) is 31.9. The van der Waals surface area contributed by atoms with Gasteiger partial charge >= 0.3 is 0 Å². The van der Waals surface area contributed by atoms with Gasteiger partial charge in [-0.25, -0.2) is 15.0 Å². The van der Waals surface area contributed by atoms with Gasteiger partial charge in [-0.2, -0.15) is 0 Å². The maximum absolute atomic E-state index is 6.33. The lowest BCUT2D eigenvalue weighted by Crippen LogP contribution is -2.00. The molecule has 0 aliphatic heterocycles. The molecule has 4 aromatic heterocycles. The highest BCUT2D eigenvalue weighted by atomic mass is 32.1. The third-order valence-corrected chi connectivity index (χ3v) is 12.3. The first-order valence-corrected chi connectivity index (χ1v) is 19.8. The van der Waals surface area contributed by atoms with Gasteiger partial charge in [0.1, 0.15) is 11.2 Å². The van der Waals surface area contributed by atoms with Gasteiger partial charge in [0.25, 0.3) is 0 Å². The van der Waals surface area contributed by atoms with Crippen molar-refractivity contribution in [2.45, 2.75) is 0 Å². The highest BCUT2D eigenvalue weighted by Crippen LogP contribution is 2.41. The molecule has 5 nitrogen and oxygen atoms in total. The van der Waals surface area contributed by atoms with Gasteiger partial charge in [-0.15, -0.1) is 11.3 Å². The SMILES string of the molecule is c1ccc(-c2ccc3c(c2)c2cc(-c4nc(-c5ccc6c(c5)oc5ccccc56)nc(-c5cccc6c5sc5ccccc56)n4)ccc2n3-c2ccccc2)cc1. The Balaban J connectivity index is 1.10. The number of thiophene rings is 1. The highest BCUT2D eigenvalue weighted by molar-refractivity contribution is 7.26. The lowest BCUT2D eigenvalue weighted by Gasteiger charge is -2.10. The summed E-state index contributed by atoms with van der Waals surface area (Å²) < 4.78 is 11.1. The lowest BCUT2D eigenvalue weighted by molar-refractivity contribution is 0.669. The van der Waals surface area contributed by atoms with Crippen molar-refractivity contribution in [3.05, 3.63) is 182 Å². The monoisotopic (exact) mass is 746 g/mol. The van der Waals surface area contributed by atoms with E-state index in [1.807, 2.05) is 18.2 Å². The Morgan fingerprint density at radius 3 is 1.79 bits per heavy atom. The molecule has 0 unspecified atom stereocenters. The Labute approximate surface area is 330 Å². The maximum Gasteiger partial charge on any atom is 0.165 e. The van der Waals surface area contributed by atoms with Gasteiger partial charge < -0.3 is 8.98 Å². The molecule has 0 aliphatic rings. The van der Waals surface area contributed by atoms with E-state index < -0.39 is 0 Å². The third kappa shape index (κ3) is 5.12. The normalized spacial score (nSPS) is 11.9. The van der Waals surface area contributed by atoms with Gasteiger partial charge in [-0.05, 0) is 83.9 Å². The summed E-state index contributed by atoms with van der Waals surface area (Å²) in [4.78, 5) is 15.7. The van der Waals surface area contributed by atoms with Crippen LogP contribution in [0.25, 0.3) is 115 Å². The summed E-state index contributed by atoms with van der Waals surface area (Å²) in [6, 6.07) is 63.9. The minimum Gasteiger partial charge on any atom is -0.456 e. The van der Waals surface area contributed by atoms with Gasteiger partial charge in [0.05, 0.1) is 11.0 Å². The summed E-state index contributed by atoms with van der Waals surface area (Å²) in [5.41, 5.74) is 10.1. The topological polar surface area (TPSA) is 56.7 Å². The third-order valence-electron chi connectivity index (χ3n) is 11.1. The van der Waals surface area contributed by atoms with Crippen LogP contribution in [0, 0.1) is 0 Å². The molecule has 57 heavy (non-hydrogen) atoms. The zero-order valence-corrected chi connectivity index (χ0v) is 31.2. The summed E-state index contributed by atoms with van der Waals surface area (Å²) in [7, 11) is 0. The van der Waals surface area contributed by atoms with Crippen LogP contribution < -0.4 is 0 Å². The second-order valence-corrected chi connectivity index (χ2v) is 15.4. The van der Waals surface area contributed by atoms with Crippen LogP contribution in [-0.2, 0) is 0 Å². The largest absolute Gasteiger partial charge is 0.456 e. The molecule has 8 aromatic carbocycles. The standard InChI is InChI=1S/C51H30N4OS/c1-3-12-31(13-4-1)32-23-26-43-41(28-32)42-29-33(24-27-44(42)55(43)35-14-5-2-6-15-35)49-52-50(34-22-25-37-36-16-7-9-20-45(36)56-46(37)30-34)54-51(53-49)40-19-11-18-39-38-17-8-10-21-47(38)57-48(39)40/h1-30H. The van der Waals surface area contributed by atoms with Crippen LogP contribution in [0.5, 0.6) is 0 Å². The molecule has 4 heterocycles. The number of nitrogens with zero attached hydrogens (tertiary/aromatic N) is 4. The average molecular weight is 747 g/mol. The van der Waals surface area contributed by atoms with E-state index >= 15 is 0 Å². The van der Waals surface area contributed by atoms with Crippen molar-refractivity contribution in [1.82, 2.24) is 19.5 Å². The van der Waals surface area contributed by atoms with Crippen LogP contribution in [-0.4, -0.2) is 19.5 Å². The van der Waals surface area contributed by atoms with E-state index in [4.69, 9.17) is 19.4 Å². The van der Waals surface area contributed by atoms with E-state index in [0.29, 0.717) is 17.5 Å². The molecule has 266 valence electrons. The number of hydrogen-bond acceptors (Lipinski definition) is 5. The van der Waals surface area contributed by atoms with Crippen molar-refractivity contribution in [2.75, 3.05) is 0 Å². The van der Waals surface area contributed by atoms with Crippen LogP contribution >= 0.6 is 11.3 Å². The van der Waals surface area contributed by atoms with Crippen molar-refractivity contribution in [1.29, 1.82) is 0 Å². The molecule has 0 atom stereocenters.